The van der Waals surface area contributed by atoms with Gasteiger partial charge in [0, 0.05) is 34.8 Å². The average Bonchev–Trinajstić information content (AvgIpc) is 3.65. The molecule has 7 heteroatoms. The number of piperidine rings is 1. The molecule has 1 atom stereocenters. The number of nitrogens with zero attached hydrogens (tertiary/aromatic N) is 4. The molecule has 1 N–H and O–H groups in total. The minimum Gasteiger partial charge on any atom is -0.456 e. The summed E-state index contributed by atoms with van der Waals surface area (Å²) in [4.78, 5) is 15.2. The van der Waals surface area contributed by atoms with E-state index in [1.54, 1.807) is 12.1 Å². The van der Waals surface area contributed by atoms with Gasteiger partial charge in [0.25, 0.3) is 0 Å². The normalized spacial score (nSPS) is 20.0. The van der Waals surface area contributed by atoms with E-state index in [0.29, 0.717) is 17.4 Å². The van der Waals surface area contributed by atoms with Gasteiger partial charge in [-0.05, 0) is 88.9 Å². The van der Waals surface area contributed by atoms with Gasteiger partial charge in [-0.25, -0.2) is 0 Å². The molecule has 2 aliphatic heterocycles. The fraction of sp³-hybridized carbons (Fsp3) is 0.414. The van der Waals surface area contributed by atoms with Crippen LogP contribution >= 0.6 is 0 Å². The minimum absolute atomic E-state index is 0.151. The Labute approximate surface area is 211 Å². The van der Waals surface area contributed by atoms with Gasteiger partial charge in [-0.1, -0.05) is 6.07 Å². The first kappa shape index (κ1) is 22.8. The second kappa shape index (κ2) is 9.44. The molecule has 3 heterocycles. The topological polar surface area (TPSA) is 83.2 Å². The molecule has 2 fully saturated rings. The molecule has 1 aromatic heterocycles. The zero-order valence-electron chi connectivity index (χ0n) is 20.6. The van der Waals surface area contributed by atoms with Crippen molar-refractivity contribution in [3.8, 4) is 28.7 Å². The Bertz CT molecular complexity index is 1330. The molecular formula is C29H31N5O2. The van der Waals surface area contributed by atoms with Crippen LogP contribution in [0.2, 0.25) is 0 Å². The number of anilines is 1. The molecule has 0 unspecified atom stereocenters. The first-order valence-corrected chi connectivity index (χ1v) is 13.0. The van der Waals surface area contributed by atoms with Crippen LogP contribution in [0.15, 0.2) is 48.8 Å². The van der Waals surface area contributed by atoms with Crippen LogP contribution in [-0.2, 0) is 11.2 Å². The number of carbonyl (C=O) groups excluding carboxylic acids is 1. The van der Waals surface area contributed by atoms with Gasteiger partial charge in [0.05, 0.1) is 29.6 Å². The monoisotopic (exact) mass is 481 g/mol. The number of nitrogens with one attached hydrogen (secondary N) is 1. The Morgan fingerprint density at radius 1 is 1.14 bits per heavy atom. The maximum absolute atomic E-state index is 13.3. The standard InChI is InChI=1S/C29H31N5O2/c1-19-5-8-26-27(34(19)29(35)21-6-7-21)10-9-25(28(26)36-24-4-2-3-20(15-24)16-30)22-17-32-33(18-22)23-11-13-31-14-12-23/h2-4,9-10,15,17-19,21,23,31H,5-8,11-14H2,1H3/t19-/m0/s1. The van der Waals surface area contributed by atoms with Crippen molar-refractivity contribution in [3.63, 3.8) is 0 Å². The lowest BCUT2D eigenvalue weighted by molar-refractivity contribution is -0.120. The molecule has 0 radical (unpaired) electrons. The molecule has 6 rings (SSSR count). The van der Waals surface area contributed by atoms with E-state index in [0.717, 1.165) is 79.7 Å². The predicted molar refractivity (Wildman–Crippen MR) is 138 cm³/mol. The van der Waals surface area contributed by atoms with Gasteiger partial charge in [-0.15, -0.1) is 0 Å². The van der Waals surface area contributed by atoms with E-state index < -0.39 is 0 Å². The van der Waals surface area contributed by atoms with E-state index in [-0.39, 0.29) is 17.9 Å². The highest BCUT2D eigenvalue weighted by molar-refractivity contribution is 5.99. The van der Waals surface area contributed by atoms with Crippen molar-refractivity contribution in [2.24, 2.45) is 5.92 Å². The minimum atomic E-state index is 0.151. The number of fused-ring (bicyclic) bond motifs is 1. The number of rotatable bonds is 5. The first-order valence-electron chi connectivity index (χ1n) is 13.0. The second-order valence-electron chi connectivity index (χ2n) is 10.2. The number of nitriles is 1. The van der Waals surface area contributed by atoms with Crippen LogP contribution in [0.1, 0.15) is 56.2 Å². The van der Waals surface area contributed by atoms with Crippen LogP contribution in [0.4, 0.5) is 5.69 Å². The van der Waals surface area contributed by atoms with Crippen molar-refractivity contribution >= 4 is 11.6 Å². The Morgan fingerprint density at radius 2 is 1.97 bits per heavy atom. The van der Waals surface area contributed by atoms with Gasteiger partial charge in [-0.3, -0.25) is 9.48 Å². The van der Waals surface area contributed by atoms with Gasteiger partial charge < -0.3 is 15.0 Å². The highest BCUT2D eigenvalue weighted by Gasteiger charge is 2.39. The molecule has 3 aliphatic rings. The average molecular weight is 482 g/mol. The third kappa shape index (κ3) is 4.27. The summed E-state index contributed by atoms with van der Waals surface area (Å²) >= 11 is 0. The zero-order valence-corrected chi connectivity index (χ0v) is 20.6. The van der Waals surface area contributed by atoms with Gasteiger partial charge in [0.1, 0.15) is 11.5 Å². The molecule has 0 spiro atoms. The Balaban J connectivity index is 1.44. The quantitative estimate of drug-likeness (QED) is 0.540. The fourth-order valence-corrected chi connectivity index (χ4v) is 5.51. The van der Waals surface area contributed by atoms with Gasteiger partial charge in [-0.2, -0.15) is 10.4 Å². The number of aromatic nitrogens is 2. The van der Waals surface area contributed by atoms with E-state index in [9.17, 15) is 10.1 Å². The lowest BCUT2D eigenvalue weighted by Gasteiger charge is -2.36. The third-order valence-electron chi connectivity index (χ3n) is 7.69. The van der Waals surface area contributed by atoms with Gasteiger partial charge >= 0.3 is 0 Å². The number of carbonyl (C=O) groups is 1. The maximum Gasteiger partial charge on any atom is 0.230 e. The van der Waals surface area contributed by atoms with Gasteiger partial charge in [0.15, 0.2) is 0 Å². The number of hydrogen-bond donors (Lipinski definition) is 1. The van der Waals surface area contributed by atoms with Crippen molar-refractivity contribution in [3.05, 3.63) is 59.9 Å². The van der Waals surface area contributed by atoms with E-state index in [1.807, 2.05) is 23.2 Å². The molecule has 0 bridgehead atoms. The number of benzene rings is 2. The summed E-state index contributed by atoms with van der Waals surface area (Å²) in [7, 11) is 0. The Morgan fingerprint density at radius 3 is 2.75 bits per heavy atom. The first-order chi connectivity index (χ1) is 17.6. The summed E-state index contributed by atoms with van der Waals surface area (Å²) in [5, 5.41) is 17.5. The van der Waals surface area contributed by atoms with Crippen molar-refractivity contribution in [2.75, 3.05) is 18.0 Å². The molecule has 1 amide bonds. The van der Waals surface area contributed by atoms with E-state index in [1.165, 1.54) is 0 Å². The summed E-state index contributed by atoms with van der Waals surface area (Å²) in [5.41, 5.74) is 4.52. The summed E-state index contributed by atoms with van der Waals surface area (Å²) in [6.07, 6.45) is 9.84. The number of hydrogen-bond acceptors (Lipinski definition) is 5. The molecule has 7 nitrogen and oxygen atoms in total. The highest BCUT2D eigenvalue weighted by atomic mass is 16.5. The van der Waals surface area contributed by atoms with Crippen molar-refractivity contribution in [2.45, 2.75) is 57.5 Å². The van der Waals surface area contributed by atoms with Crippen LogP contribution in [0, 0.1) is 17.2 Å². The van der Waals surface area contributed by atoms with Crippen LogP contribution < -0.4 is 15.0 Å². The third-order valence-corrected chi connectivity index (χ3v) is 7.69. The molecule has 1 aliphatic carbocycles. The van der Waals surface area contributed by atoms with Crippen LogP contribution in [0.5, 0.6) is 11.5 Å². The molecular weight excluding hydrogens is 450 g/mol. The summed E-state index contributed by atoms with van der Waals surface area (Å²) in [6, 6.07) is 14.1. The lowest BCUT2D eigenvalue weighted by atomic mass is 9.92. The highest BCUT2D eigenvalue weighted by Crippen LogP contribution is 2.46. The van der Waals surface area contributed by atoms with Crippen molar-refractivity contribution in [1.82, 2.24) is 15.1 Å². The van der Waals surface area contributed by atoms with Crippen molar-refractivity contribution < 1.29 is 9.53 Å². The molecule has 1 saturated heterocycles. The molecule has 2 aromatic carbocycles. The smallest absolute Gasteiger partial charge is 0.230 e. The molecule has 3 aromatic rings. The fourth-order valence-electron chi connectivity index (χ4n) is 5.51. The summed E-state index contributed by atoms with van der Waals surface area (Å²) < 4.78 is 8.65. The Hall–Kier alpha value is -3.63. The van der Waals surface area contributed by atoms with Crippen LogP contribution in [0.3, 0.4) is 0 Å². The zero-order chi connectivity index (χ0) is 24.6. The van der Waals surface area contributed by atoms with Gasteiger partial charge in [0.2, 0.25) is 5.91 Å². The number of amides is 1. The van der Waals surface area contributed by atoms with E-state index in [2.05, 4.69) is 41.3 Å². The van der Waals surface area contributed by atoms with Crippen molar-refractivity contribution in [1.29, 1.82) is 5.26 Å². The second-order valence-corrected chi connectivity index (χ2v) is 10.2. The van der Waals surface area contributed by atoms with Crippen LogP contribution in [-0.4, -0.2) is 34.8 Å². The van der Waals surface area contributed by atoms with E-state index in [4.69, 9.17) is 9.84 Å². The predicted octanol–water partition coefficient (Wildman–Crippen LogP) is 5.22. The summed E-state index contributed by atoms with van der Waals surface area (Å²) in [6.45, 7) is 4.15. The molecule has 36 heavy (non-hydrogen) atoms. The van der Waals surface area contributed by atoms with E-state index >= 15 is 0 Å². The molecule has 184 valence electrons. The molecule has 1 saturated carbocycles. The Kier molecular flexibility index (Phi) is 5.98. The summed E-state index contributed by atoms with van der Waals surface area (Å²) in [5.74, 6) is 1.76. The largest absolute Gasteiger partial charge is 0.456 e. The number of ether oxygens (including phenoxy) is 1. The lowest BCUT2D eigenvalue weighted by Crippen LogP contribution is -2.43. The SMILES string of the molecule is C[C@H]1CCc2c(ccc(-c3cnn(C4CCNCC4)c3)c2Oc2cccc(C#N)c2)N1C(=O)C1CC1. The maximum atomic E-state index is 13.3. The van der Waals surface area contributed by atoms with Crippen LogP contribution in [0.25, 0.3) is 11.1 Å².